The van der Waals surface area contributed by atoms with Crippen molar-refractivity contribution in [1.29, 1.82) is 0 Å². The van der Waals surface area contributed by atoms with E-state index in [0.29, 0.717) is 30.3 Å². The van der Waals surface area contributed by atoms with Crippen molar-refractivity contribution in [1.82, 2.24) is 0 Å². The molecule has 0 amide bonds. The van der Waals surface area contributed by atoms with Crippen molar-refractivity contribution >= 4 is 34.7 Å². The lowest BCUT2D eigenvalue weighted by molar-refractivity contribution is -0.0742. The normalized spacial score (nSPS) is 14.9. The van der Waals surface area contributed by atoms with Gasteiger partial charge in [0.1, 0.15) is 17.3 Å². The zero-order valence-corrected chi connectivity index (χ0v) is 30.0. The maximum absolute atomic E-state index is 16.9. The van der Waals surface area contributed by atoms with Crippen molar-refractivity contribution in [3.63, 3.8) is 0 Å². The second kappa shape index (κ2) is 15.2. The highest BCUT2D eigenvalue weighted by atomic mass is 19.2. The fourth-order valence-electron chi connectivity index (χ4n) is 6.94. The molecule has 0 N–H and O–H groups in total. The molecule has 7 aromatic rings. The Balaban J connectivity index is 1.39. The zero-order valence-electron chi connectivity index (χ0n) is 30.0. The molecule has 63 heavy (non-hydrogen) atoms. The fraction of sp³-hybridized carbons (Fsp3) is 0.0244. The van der Waals surface area contributed by atoms with E-state index >= 15 is 39.5 Å². The lowest BCUT2D eigenvalue weighted by atomic mass is 9.94. The van der Waals surface area contributed by atoms with E-state index in [1.807, 2.05) is 0 Å². The molecule has 0 bridgehead atoms. The average molecular weight is 904 g/mol. The van der Waals surface area contributed by atoms with E-state index in [4.69, 9.17) is 14.0 Å². The smallest absolute Gasteiger partial charge is 0.500 e. The van der Waals surface area contributed by atoms with Crippen LogP contribution in [-0.2, 0) is 10.5 Å². The molecule has 1 unspecified atom stereocenters. The van der Waals surface area contributed by atoms with Gasteiger partial charge in [-0.15, -0.1) is 0 Å². The van der Waals surface area contributed by atoms with Crippen LogP contribution in [0, 0.1) is 87.3 Å². The second-order valence-electron chi connectivity index (χ2n) is 13.2. The lowest BCUT2D eigenvalue weighted by Gasteiger charge is -2.27. The number of rotatable bonds is 8. The van der Waals surface area contributed by atoms with Gasteiger partial charge in [0, 0.05) is 16.7 Å². The molecule has 0 spiro atoms. The van der Waals surface area contributed by atoms with Gasteiger partial charge < -0.3 is 14.0 Å². The molecule has 0 heterocycles. The van der Waals surface area contributed by atoms with Gasteiger partial charge in [-0.25, -0.2) is 74.6 Å². The van der Waals surface area contributed by atoms with Crippen molar-refractivity contribution in [2.75, 3.05) is 0 Å². The maximum Gasteiger partial charge on any atom is 0.790 e. The van der Waals surface area contributed by atoms with Crippen molar-refractivity contribution in [3.05, 3.63) is 171 Å². The van der Waals surface area contributed by atoms with Crippen LogP contribution in [0.3, 0.4) is 0 Å². The molecular formula is C41H11BF18O3. The third-order valence-electron chi connectivity index (χ3n) is 9.75. The molecule has 1 aliphatic rings. The van der Waals surface area contributed by atoms with Crippen LogP contribution >= 0.6 is 0 Å². The van der Waals surface area contributed by atoms with Gasteiger partial charge in [0.05, 0.1) is 27.5 Å². The van der Waals surface area contributed by atoms with Crippen LogP contribution in [0.2, 0.25) is 0 Å². The van der Waals surface area contributed by atoms with Crippen molar-refractivity contribution < 1.29 is 93.0 Å². The van der Waals surface area contributed by atoms with Gasteiger partial charge in [0.2, 0.25) is 5.83 Å². The van der Waals surface area contributed by atoms with Gasteiger partial charge in [-0.2, -0.15) is 4.39 Å². The number of alkyl halides is 1. The molecule has 322 valence electrons. The largest absolute Gasteiger partial charge is 0.790 e. The number of halogens is 18. The summed E-state index contributed by atoms with van der Waals surface area (Å²) in [5.41, 5.74) is -9.73. The van der Waals surface area contributed by atoms with Crippen LogP contribution in [0.25, 0.3) is 49.6 Å². The Morgan fingerprint density at radius 1 is 0.365 bits per heavy atom. The fourth-order valence-corrected chi connectivity index (χ4v) is 6.94. The molecule has 3 nitrogen and oxygen atoms in total. The summed E-state index contributed by atoms with van der Waals surface area (Å²) in [6.07, 6.45) is 0. The van der Waals surface area contributed by atoms with Crippen LogP contribution in [-0.4, -0.2) is 7.32 Å². The Hall–Kier alpha value is -6.84. The summed E-state index contributed by atoms with van der Waals surface area (Å²) in [5.74, 6) is -45.9. The molecule has 0 saturated heterocycles. The van der Waals surface area contributed by atoms with E-state index in [1.54, 1.807) is 0 Å². The quantitative estimate of drug-likeness (QED) is 0.0864. The predicted molar refractivity (Wildman–Crippen MR) is 185 cm³/mol. The Morgan fingerprint density at radius 3 is 1.22 bits per heavy atom. The van der Waals surface area contributed by atoms with Gasteiger partial charge in [-0.1, -0.05) is 24.3 Å². The summed E-state index contributed by atoms with van der Waals surface area (Å²) in [5, 5.41) is -5.94. The van der Waals surface area contributed by atoms with Gasteiger partial charge in [-0.3, -0.25) is 0 Å². The molecule has 8 rings (SSSR count). The SMILES string of the molecule is FC1=C(F)C(F)(OB(Oc2ccc(F)c(F)c2-c2c(F)c(F)c(F)c3c(F)c(F)ccc23)Oc2ccc(F)c(F)c2-c2c(F)c(F)c(F)c3c(F)c(F)ccc23)c2cccc(F)c21. The molecule has 1 atom stereocenters. The first-order valence-corrected chi connectivity index (χ1v) is 17.1. The van der Waals surface area contributed by atoms with Gasteiger partial charge in [0.25, 0.3) is 5.85 Å². The molecule has 0 radical (unpaired) electrons. The van der Waals surface area contributed by atoms with Gasteiger partial charge >= 0.3 is 7.32 Å². The van der Waals surface area contributed by atoms with E-state index in [2.05, 4.69) is 0 Å². The van der Waals surface area contributed by atoms with Gasteiger partial charge in [0.15, 0.2) is 87.3 Å². The van der Waals surface area contributed by atoms with Crippen LogP contribution in [0.15, 0.2) is 72.6 Å². The summed E-state index contributed by atoms with van der Waals surface area (Å²) in [6, 6.07) is 3.50. The Morgan fingerprint density at radius 2 is 0.778 bits per heavy atom. The molecule has 1 aliphatic carbocycles. The minimum Gasteiger partial charge on any atom is -0.500 e. The molecular weight excluding hydrogens is 893 g/mol. The van der Waals surface area contributed by atoms with E-state index in [-0.39, 0.29) is 36.4 Å². The minimum absolute atomic E-state index is 0.122. The van der Waals surface area contributed by atoms with Crippen LogP contribution in [0.5, 0.6) is 11.5 Å². The number of hydrogen-bond acceptors (Lipinski definition) is 3. The zero-order chi connectivity index (χ0) is 45.7. The van der Waals surface area contributed by atoms with Crippen molar-refractivity contribution in [2.45, 2.75) is 5.85 Å². The minimum atomic E-state index is -4.50. The van der Waals surface area contributed by atoms with E-state index in [9.17, 15) is 39.5 Å². The van der Waals surface area contributed by atoms with Crippen LogP contribution in [0.4, 0.5) is 79.0 Å². The van der Waals surface area contributed by atoms with Crippen LogP contribution in [0.1, 0.15) is 11.1 Å². The highest BCUT2D eigenvalue weighted by Crippen LogP contribution is 2.52. The molecule has 0 fully saturated rings. The Kier molecular flexibility index (Phi) is 10.3. The highest BCUT2D eigenvalue weighted by Gasteiger charge is 2.55. The highest BCUT2D eigenvalue weighted by molar-refractivity contribution is 6.39. The predicted octanol–water partition coefficient (Wildman–Crippen LogP) is 13.3. The average Bonchev–Trinajstić information content (AvgIpc) is 3.43. The molecule has 0 aromatic heterocycles. The Labute approximate surface area is 338 Å². The molecule has 22 heteroatoms. The van der Waals surface area contributed by atoms with E-state index in [1.165, 1.54) is 0 Å². The molecule has 7 aromatic carbocycles. The van der Waals surface area contributed by atoms with Gasteiger partial charge in [-0.05, 0) is 53.2 Å². The summed E-state index contributed by atoms with van der Waals surface area (Å²) in [6.45, 7) is 0. The maximum atomic E-state index is 16.9. The third kappa shape index (κ3) is 6.39. The lowest BCUT2D eigenvalue weighted by Crippen LogP contribution is -2.41. The van der Waals surface area contributed by atoms with Crippen molar-refractivity contribution in [3.8, 4) is 33.8 Å². The second-order valence-corrected chi connectivity index (χ2v) is 13.2. The number of hydrogen-bond donors (Lipinski definition) is 0. The van der Waals surface area contributed by atoms with Crippen molar-refractivity contribution in [2.24, 2.45) is 0 Å². The first kappa shape index (κ1) is 42.8. The van der Waals surface area contributed by atoms with Crippen LogP contribution < -0.4 is 9.31 Å². The standard InChI is InChI=1S/C41H11BF18O3/c43-15-3-1-2-14-26(15)37(56)40(59)41(14,60)63-42(61-20-10-8-18(46)31(50)27(20)22-12-4-6-16(44)29(48)24(12)35(54)38(57)33(22)52)62-21-11-9-19(47)32(51)28(21)23-13-5-7-17(45)30(49)25(13)36(55)39(58)34(23)53/h1-11H. The monoisotopic (exact) mass is 904 g/mol. The summed E-state index contributed by atoms with van der Waals surface area (Å²) >= 11 is 0. The first-order chi connectivity index (χ1) is 29.7. The number of fused-ring (bicyclic) bond motifs is 3. The summed E-state index contributed by atoms with van der Waals surface area (Å²) < 4.78 is 289. The topological polar surface area (TPSA) is 27.7 Å². The summed E-state index contributed by atoms with van der Waals surface area (Å²) in [4.78, 5) is 0. The molecule has 0 aliphatic heterocycles. The number of benzene rings is 7. The van der Waals surface area contributed by atoms with E-state index < -0.39 is 179 Å². The summed E-state index contributed by atoms with van der Waals surface area (Å²) in [7, 11) is -3.47. The van der Waals surface area contributed by atoms with E-state index in [0.717, 1.165) is 0 Å². The third-order valence-corrected chi connectivity index (χ3v) is 9.75. The first-order valence-electron chi connectivity index (χ1n) is 17.1. The Bertz CT molecular complexity index is 3010. The molecule has 0 saturated carbocycles.